The summed E-state index contributed by atoms with van der Waals surface area (Å²) in [4.78, 5) is 12.0. The van der Waals surface area contributed by atoms with Crippen LogP contribution in [0.25, 0.3) is 0 Å². The molecule has 1 saturated heterocycles. The van der Waals surface area contributed by atoms with E-state index in [0.717, 1.165) is 13.0 Å². The molecule has 0 aliphatic carbocycles. The van der Waals surface area contributed by atoms with Crippen LogP contribution in [0.5, 0.6) is 0 Å². The van der Waals surface area contributed by atoms with Gasteiger partial charge in [0.25, 0.3) is 0 Å². The maximum Gasteiger partial charge on any atom is 0.163 e. The van der Waals surface area contributed by atoms with E-state index in [9.17, 15) is 9.18 Å². The molecule has 0 aromatic heterocycles. The van der Waals surface area contributed by atoms with Gasteiger partial charge in [-0.25, -0.2) is 4.39 Å². The monoisotopic (exact) mass is 222 g/mol. The van der Waals surface area contributed by atoms with Crippen molar-refractivity contribution < 1.29 is 13.9 Å². The van der Waals surface area contributed by atoms with Gasteiger partial charge in [0.1, 0.15) is 5.82 Å². The molecule has 2 nitrogen and oxygen atoms in total. The molecule has 1 atom stereocenters. The molecule has 86 valence electrons. The number of halogens is 1. The topological polar surface area (TPSA) is 26.3 Å². The van der Waals surface area contributed by atoms with Crippen LogP contribution in [0.4, 0.5) is 4.39 Å². The minimum atomic E-state index is -0.293. The fourth-order valence-electron chi connectivity index (χ4n) is 2.06. The summed E-state index contributed by atoms with van der Waals surface area (Å²) in [5.41, 5.74) is 1.34. The molecule has 1 fully saturated rings. The van der Waals surface area contributed by atoms with Crippen LogP contribution >= 0.6 is 0 Å². The predicted molar refractivity (Wildman–Crippen MR) is 59.0 cm³/mol. The van der Waals surface area contributed by atoms with E-state index in [1.54, 1.807) is 13.0 Å². The molecule has 3 heteroatoms. The van der Waals surface area contributed by atoms with Crippen LogP contribution in [-0.4, -0.2) is 19.0 Å². The van der Waals surface area contributed by atoms with Crippen molar-refractivity contribution in [2.75, 3.05) is 13.2 Å². The molecule has 0 bridgehead atoms. The third-order valence-corrected chi connectivity index (χ3v) is 2.99. The molecule has 0 radical (unpaired) electrons. The molecular weight excluding hydrogens is 207 g/mol. The number of carbonyl (C=O) groups is 1. The van der Waals surface area contributed by atoms with Gasteiger partial charge in [-0.05, 0) is 43.0 Å². The Morgan fingerprint density at radius 3 is 3.00 bits per heavy atom. The number of aryl methyl sites for hydroxylation is 1. The van der Waals surface area contributed by atoms with E-state index >= 15 is 0 Å². The minimum Gasteiger partial charge on any atom is -0.381 e. The zero-order chi connectivity index (χ0) is 11.5. The molecule has 1 unspecified atom stereocenters. The predicted octanol–water partition coefficient (Wildman–Crippen LogP) is 2.74. The fourth-order valence-corrected chi connectivity index (χ4v) is 2.06. The number of ether oxygens (including phenoxy) is 1. The second kappa shape index (κ2) is 4.74. The Kier molecular flexibility index (Phi) is 3.34. The summed E-state index contributed by atoms with van der Waals surface area (Å²) in [7, 11) is 0. The second-order valence-electron chi connectivity index (χ2n) is 4.32. The Balaban J connectivity index is 2.08. The standard InChI is InChI=1S/C13H15FO2/c1-9-6-11(14)2-3-12(9)13(15)7-10-4-5-16-8-10/h2-3,6,10H,4-5,7-8H2,1H3. The van der Waals surface area contributed by atoms with Crippen LogP contribution in [0, 0.1) is 18.7 Å². The van der Waals surface area contributed by atoms with E-state index in [4.69, 9.17) is 4.74 Å². The Hall–Kier alpha value is -1.22. The van der Waals surface area contributed by atoms with Crippen molar-refractivity contribution in [3.05, 3.63) is 35.1 Å². The Morgan fingerprint density at radius 2 is 2.38 bits per heavy atom. The molecule has 1 aliphatic rings. The summed E-state index contributed by atoms with van der Waals surface area (Å²) in [6.07, 6.45) is 1.46. The first-order valence-electron chi connectivity index (χ1n) is 5.54. The van der Waals surface area contributed by atoms with E-state index < -0.39 is 0 Å². The first-order chi connectivity index (χ1) is 7.66. The third-order valence-electron chi connectivity index (χ3n) is 2.99. The minimum absolute atomic E-state index is 0.0907. The average molecular weight is 222 g/mol. The lowest BCUT2D eigenvalue weighted by atomic mass is 9.95. The summed E-state index contributed by atoms with van der Waals surface area (Å²) in [6.45, 7) is 3.19. The maximum absolute atomic E-state index is 12.9. The summed E-state index contributed by atoms with van der Waals surface area (Å²) < 4.78 is 18.1. The molecular formula is C13H15FO2. The number of rotatable bonds is 3. The summed E-state index contributed by atoms with van der Waals surface area (Å²) in [6, 6.07) is 4.31. The van der Waals surface area contributed by atoms with Crippen LogP contribution in [0.3, 0.4) is 0 Å². The third kappa shape index (κ3) is 2.47. The van der Waals surface area contributed by atoms with Gasteiger partial charge < -0.3 is 4.74 Å². The zero-order valence-electron chi connectivity index (χ0n) is 9.33. The number of ketones is 1. The molecule has 0 amide bonds. The van der Waals surface area contributed by atoms with Crippen molar-refractivity contribution in [1.29, 1.82) is 0 Å². The number of hydrogen-bond acceptors (Lipinski definition) is 2. The molecule has 1 aromatic carbocycles. The van der Waals surface area contributed by atoms with E-state index in [0.29, 0.717) is 30.1 Å². The van der Waals surface area contributed by atoms with E-state index in [2.05, 4.69) is 0 Å². The number of benzene rings is 1. The smallest absolute Gasteiger partial charge is 0.163 e. The molecule has 1 aliphatic heterocycles. The van der Waals surface area contributed by atoms with Crippen molar-refractivity contribution in [3.8, 4) is 0 Å². The van der Waals surface area contributed by atoms with Gasteiger partial charge in [-0.2, -0.15) is 0 Å². The molecule has 0 spiro atoms. The number of Topliss-reactive ketones (excluding diaryl/α,β-unsaturated/α-hetero) is 1. The summed E-state index contributed by atoms with van der Waals surface area (Å²) >= 11 is 0. The highest BCUT2D eigenvalue weighted by atomic mass is 19.1. The van der Waals surface area contributed by atoms with Gasteiger partial charge in [0.2, 0.25) is 0 Å². The van der Waals surface area contributed by atoms with E-state index in [1.807, 2.05) is 0 Å². The highest BCUT2D eigenvalue weighted by Crippen LogP contribution is 2.20. The highest BCUT2D eigenvalue weighted by Gasteiger charge is 2.20. The van der Waals surface area contributed by atoms with Crippen LogP contribution in [0.15, 0.2) is 18.2 Å². The molecule has 2 rings (SSSR count). The first kappa shape index (κ1) is 11.3. The van der Waals surface area contributed by atoms with Gasteiger partial charge in [-0.1, -0.05) is 0 Å². The Morgan fingerprint density at radius 1 is 1.56 bits per heavy atom. The normalized spacial score (nSPS) is 20.0. The number of carbonyl (C=O) groups excluding carboxylic acids is 1. The van der Waals surface area contributed by atoms with Crippen molar-refractivity contribution in [3.63, 3.8) is 0 Å². The van der Waals surface area contributed by atoms with Crippen molar-refractivity contribution in [1.82, 2.24) is 0 Å². The van der Waals surface area contributed by atoms with Crippen molar-refractivity contribution in [2.45, 2.75) is 19.8 Å². The van der Waals surface area contributed by atoms with Gasteiger partial charge in [0.15, 0.2) is 5.78 Å². The lowest BCUT2D eigenvalue weighted by molar-refractivity contribution is 0.0952. The lowest BCUT2D eigenvalue weighted by Crippen LogP contribution is -2.10. The molecule has 0 saturated carbocycles. The van der Waals surface area contributed by atoms with Crippen LogP contribution in [0.2, 0.25) is 0 Å². The van der Waals surface area contributed by atoms with Crippen LogP contribution in [0.1, 0.15) is 28.8 Å². The van der Waals surface area contributed by atoms with Crippen molar-refractivity contribution >= 4 is 5.78 Å². The van der Waals surface area contributed by atoms with E-state index in [-0.39, 0.29) is 11.6 Å². The number of hydrogen-bond donors (Lipinski definition) is 0. The second-order valence-corrected chi connectivity index (χ2v) is 4.32. The van der Waals surface area contributed by atoms with Gasteiger partial charge in [0.05, 0.1) is 0 Å². The van der Waals surface area contributed by atoms with E-state index in [1.165, 1.54) is 12.1 Å². The van der Waals surface area contributed by atoms with Crippen LogP contribution < -0.4 is 0 Å². The highest BCUT2D eigenvalue weighted by molar-refractivity contribution is 5.97. The SMILES string of the molecule is Cc1cc(F)ccc1C(=O)CC1CCOC1. The molecule has 0 N–H and O–H groups in total. The average Bonchev–Trinajstić information content (AvgIpc) is 2.70. The maximum atomic E-state index is 12.9. The van der Waals surface area contributed by atoms with Gasteiger partial charge >= 0.3 is 0 Å². The quantitative estimate of drug-likeness (QED) is 0.735. The van der Waals surface area contributed by atoms with Crippen LogP contribution in [-0.2, 0) is 4.74 Å². The fraction of sp³-hybridized carbons (Fsp3) is 0.462. The summed E-state index contributed by atoms with van der Waals surface area (Å²) in [5, 5.41) is 0. The van der Waals surface area contributed by atoms with Gasteiger partial charge in [-0.3, -0.25) is 4.79 Å². The Bertz CT molecular complexity index is 395. The summed E-state index contributed by atoms with van der Waals surface area (Å²) in [5.74, 6) is 0.128. The molecule has 1 heterocycles. The van der Waals surface area contributed by atoms with Crippen molar-refractivity contribution in [2.24, 2.45) is 5.92 Å². The lowest BCUT2D eigenvalue weighted by Gasteiger charge is -2.08. The Labute approximate surface area is 94.4 Å². The molecule has 16 heavy (non-hydrogen) atoms. The largest absolute Gasteiger partial charge is 0.381 e. The zero-order valence-corrected chi connectivity index (χ0v) is 9.33. The van der Waals surface area contributed by atoms with Gasteiger partial charge in [-0.15, -0.1) is 0 Å². The first-order valence-corrected chi connectivity index (χ1v) is 5.54. The molecule has 1 aromatic rings. The van der Waals surface area contributed by atoms with Gasteiger partial charge in [0, 0.05) is 25.2 Å².